The summed E-state index contributed by atoms with van der Waals surface area (Å²) in [7, 11) is 0. The molecule has 0 saturated carbocycles. The lowest BCUT2D eigenvalue weighted by Crippen LogP contribution is -2.35. The Labute approximate surface area is 108 Å². The normalized spacial score (nSPS) is 19.4. The van der Waals surface area contributed by atoms with Crippen molar-refractivity contribution in [2.75, 3.05) is 13.2 Å². The van der Waals surface area contributed by atoms with E-state index in [1.807, 2.05) is 6.07 Å². The minimum Gasteiger partial charge on any atom is -0.493 e. The lowest BCUT2D eigenvalue weighted by molar-refractivity contribution is 0.0996. The fraction of sp³-hybridized carbons (Fsp3) is 0.500. The number of nitrogens with two attached hydrogens (primary N) is 1. The van der Waals surface area contributed by atoms with E-state index in [4.69, 9.17) is 10.5 Å². The summed E-state index contributed by atoms with van der Waals surface area (Å²) in [4.78, 5) is 11.2. The van der Waals surface area contributed by atoms with Gasteiger partial charge in [0, 0.05) is 6.04 Å². The van der Waals surface area contributed by atoms with Crippen LogP contribution in [0.5, 0.6) is 5.75 Å². The van der Waals surface area contributed by atoms with Gasteiger partial charge in [-0.1, -0.05) is 18.6 Å². The molecule has 1 saturated heterocycles. The van der Waals surface area contributed by atoms with Gasteiger partial charge in [0.05, 0.1) is 12.2 Å². The van der Waals surface area contributed by atoms with E-state index in [1.54, 1.807) is 18.2 Å². The van der Waals surface area contributed by atoms with Crippen LogP contribution >= 0.6 is 0 Å². The van der Waals surface area contributed by atoms with Crippen LogP contribution in [0.3, 0.4) is 0 Å². The second-order valence-electron chi connectivity index (χ2n) is 4.64. The van der Waals surface area contributed by atoms with Crippen LogP contribution in [0.1, 0.15) is 36.0 Å². The van der Waals surface area contributed by atoms with Crippen molar-refractivity contribution in [1.29, 1.82) is 0 Å². The summed E-state index contributed by atoms with van der Waals surface area (Å²) in [5.74, 6) is 0.141. The average Bonchev–Trinajstić information content (AvgIpc) is 2.40. The molecule has 0 radical (unpaired) electrons. The summed E-state index contributed by atoms with van der Waals surface area (Å²) in [6, 6.07) is 7.65. The van der Waals surface area contributed by atoms with E-state index in [9.17, 15) is 4.79 Å². The number of carbonyl (C=O) groups excluding carboxylic acids is 1. The molecule has 0 bridgehead atoms. The monoisotopic (exact) mass is 248 g/mol. The number of benzene rings is 1. The minimum atomic E-state index is -0.443. The molecule has 1 heterocycles. The summed E-state index contributed by atoms with van der Waals surface area (Å²) in [5.41, 5.74) is 5.75. The van der Waals surface area contributed by atoms with Crippen molar-refractivity contribution in [3.05, 3.63) is 29.8 Å². The van der Waals surface area contributed by atoms with Crippen LogP contribution in [0.25, 0.3) is 0 Å². The molecule has 98 valence electrons. The SMILES string of the molecule is NC(=O)c1ccccc1OCCC1CCCCN1. The van der Waals surface area contributed by atoms with Gasteiger partial charge in [-0.15, -0.1) is 0 Å². The van der Waals surface area contributed by atoms with Crippen molar-refractivity contribution in [2.45, 2.75) is 31.7 Å². The topological polar surface area (TPSA) is 64.4 Å². The molecular weight excluding hydrogens is 228 g/mol. The summed E-state index contributed by atoms with van der Waals surface area (Å²) < 4.78 is 5.66. The number of amides is 1. The summed E-state index contributed by atoms with van der Waals surface area (Å²) in [5, 5.41) is 3.47. The summed E-state index contributed by atoms with van der Waals surface area (Å²) >= 11 is 0. The molecule has 18 heavy (non-hydrogen) atoms. The zero-order valence-corrected chi connectivity index (χ0v) is 10.5. The Hall–Kier alpha value is -1.55. The standard InChI is InChI=1S/C14H20N2O2/c15-14(17)12-6-1-2-7-13(12)18-10-8-11-5-3-4-9-16-11/h1-2,6-7,11,16H,3-5,8-10H2,(H2,15,17). The van der Waals surface area contributed by atoms with Crippen molar-refractivity contribution < 1.29 is 9.53 Å². The molecule has 0 aromatic heterocycles. The van der Waals surface area contributed by atoms with Gasteiger partial charge in [0.25, 0.3) is 5.91 Å². The van der Waals surface area contributed by atoms with Crippen LogP contribution in [0.15, 0.2) is 24.3 Å². The average molecular weight is 248 g/mol. The molecule has 1 aliphatic rings. The third kappa shape index (κ3) is 3.47. The molecule has 1 unspecified atom stereocenters. The Balaban J connectivity index is 1.84. The number of para-hydroxylation sites is 1. The van der Waals surface area contributed by atoms with E-state index >= 15 is 0 Å². The first-order valence-corrected chi connectivity index (χ1v) is 6.52. The predicted octanol–water partition coefficient (Wildman–Crippen LogP) is 1.70. The molecule has 4 nitrogen and oxygen atoms in total. The molecule has 1 aromatic carbocycles. The third-order valence-corrected chi connectivity index (χ3v) is 3.29. The molecule has 4 heteroatoms. The van der Waals surface area contributed by atoms with Crippen molar-refractivity contribution >= 4 is 5.91 Å². The highest BCUT2D eigenvalue weighted by Gasteiger charge is 2.13. The Morgan fingerprint density at radius 3 is 2.94 bits per heavy atom. The number of ether oxygens (including phenoxy) is 1. The second kappa shape index (κ2) is 6.40. The molecule has 3 N–H and O–H groups in total. The molecule has 1 amide bonds. The lowest BCUT2D eigenvalue weighted by atomic mass is 10.0. The van der Waals surface area contributed by atoms with Crippen LogP contribution in [0.2, 0.25) is 0 Å². The Morgan fingerprint density at radius 2 is 2.22 bits per heavy atom. The van der Waals surface area contributed by atoms with Gasteiger partial charge in [-0.25, -0.2) is 0 Å². The van der Waals surface area contributed by atoms with E-state index in [0.29, 0.717) is 24.0 Å². The highest BCUT2D eigenvalue weighted by atomic mass is 16.5. The van der Waals surface area contributed by atoms with Gasteiger partial charge >= 0.3 is 0 Å². The van der Waals surface area contributed by atoms with Gasteiger partial charge in [-0.3, -0.25) is 4.79 Å². The van der Waals surface area contributed by atoms with Crippen LogP contribution in [0.4, 0.5) is 0 Å². The van der Waals surface area contributed by atoms with E-state index in [-0.39, 0.29) is 0 Å². The fourth-order valence-electron chi connectivity index (χ4n) is 2.28. The van der Waals surface area contributed by atoms with Crippen LogP contribution in [-0.2, 0) is 0 Å². The van der Waals surface area contributed by atoms with Gasteiger partial charge in [0.2, 0.25) is 0 Å². The van der Waals surface area contributed by atoms with E-state index in [1.165, 1.54) is 19.3 Å². The number of piperidine rings is 1. The molecule has 1 aromatic rings. The number of carbonyl (C=O) groups is 1. The van der Waals surface area contributed by atoms with Gasteiger partial charge in [-0.05, 0) is 37.9 Å². The smallest absolute Gasteiger partial charge is 0.252 e. The molecule has 1 atom stereocenters. The van der Waals surface area contributed by atoms with Gasteiger partial charge in [0.15, 0.2) is 0 Å². The minimum absolute atomic E-state index is 0.443. The first kappa shape index (κ1) is 12.9. The van der Waals surface area contributed by atoms with Crippen molar-refractivity contribution in [1.82, 2.24) is 5.32 Å². The summed E-state index contributed by atoms with van der Waals surface area (Å²) in [6.07, 6.45) is 4.73. The Bertz CT molecular complexity index is 401. The van der Waals surface area contributed by atoms with Crippen LogP contribution < -0.4 is 15.8 Å². The van der Waals surface area contributed by atoms with Crippen molar-refractivity contribution in [3.8, 4) is 5.75 Å². The Kier molecular flexibility index (Phi) is 4.59. The van der Waals surface area contributed by atoms with Gasteiger partial charge in [-0.2, -0.15) is 0 Å². The van der Waals surface area contributed by atoms with Crippen LogP contribution in [-0.4, -0.2) is 25.1 Å². The number of rotatable bonds is 5. The largest absolute Gasteiger partial charge is 0.493 e. The molecule has 1 fully saturated rings. The van der Waals surface area contributed by atoms with E-state index in [2.05, 4.69) is 5.32 Å². The summed E-state index contributed by atoms with van der Waals surface area (Å²) in [6.45, 7) is 1.71. The van der Waals surface area contributed by atoms with Gasteiger partial charge in [0.1, 0.15) is 5.75 Å². The quantitative estimate of drug-likeness (QED) is 0.833. The highest BCUT2D eigenvalue weighted by Crippen LogP contribution is 2.18. The number of hydrogen-bond acceptors (Lipinski definition) is 3. The van der Waals surface area contributed by atoms with Crippen LogP contribution in [0, 0.1) is 0 Å². The highest BCUT2D eigenvalue weighted by molar-refractivity contribution is 5.95. The molecular formula is C14H20N2O2. The number of primary amides is 1. The number of nitrogens with one attached hydrogen (secondary N) is 1. The lowest BCUT2D eigenvalue weighted by Gasteiger charge is -2.23. The first-order valence-electron chi connectivity index (χ1n) is 6.52. The van der Waals surface area contributed by atoms with Crippen molar-refractivity contribution in [2.24, 2.45) is 5.73 Å². The molecule has 2 rings (SSSR count). The second-order valence-corrected chi connectivity index (χ2v) is 4.64. The third-order valence-electron chi connectivity index (χ3n) is 3.29. The fourth-order valence-corrected chi connectivity index (χ4v) is 2.28. The molecule has 0 aliphatic carbocycles. The maximum absolute atomic E-state index is 11.2. The van der Waals surface area contributed by atoms with E-state index < -0.39 is 5.91 Å². The van der Waals surface area contributed by atoms with Crippen molar-refractivity contribution in [3.63, 3.8) is 0 Å². The first-order chi connectivity index (χ1) is 8.77. The molecule has 1 aliphatic heterocycles. The Morgan fingerprint density at radius 1 is 1.39 bits per heavy atom. The number of hydrogen-bond donors (Lipinski definition) is 2. The maximum Gasteiger partial charge on any atom is 0.252 e. The maximum atomic E-state index is 11.2. The van der Waals surface area contributed by atoms with Gasteiger partial charge < -0.3 is 15.8 Å². The zero-order chi connectivity index (χ0) is 12.8. The predicted molar refractivity (Wildman–Crippen MR) is 70.7 cm³/mol. The van der Waals surface area contributed by atoms with E-state index in [0.717, 1.165) is 13.0 Å². The zero-order valence-electron chi connectivity index (χ0n) is 10.5. The molecule has 0 spiro atoms.